The van der Waals surface area contributed by atoms with Gasteiger partial charge in [-0.05, 0) is 31.0 Å². The number of carbonyl (C=O) groups excluding carboxylic acids is 1. The normalized spacial score (nSPS) is 10.5. The van der Waals surface area contributed by atoms with Crippen molar-refractivity contribution in [3.8, 4) is 16.3 Å². The zero-order chi connectivity index (χ0) is 18.4. The molecule has 5 heteroatoms. The first-order valence-electron chi connectivity index (χ1n) is 8.55. The molecule has 1 heterocycles. The van der Waals surface area contributed by atoms with Crippen LogP contribution in [0, 0.1) is 6.92 Å². The fourth-order valence-electron chi connectivity index (χ4n) is 2.52. The smallest absolute Gasteiger partial charge is 0.220 e. The number of amides is 1. The lowest BCUT2D eigenvalue weighted by molar-refractivity contribution is -0.121. The monoisotopic (exact) mass is 366 g/mol. The van der Waals surface area contributed by atoms with E-state index in [2.05, 4.69) is 41.5 Å². The molecule has 0 bridgehead atoms. The molecule has 2 aromatic carbocycles. The molecule has 0 unspecified atom stereocenters. The van der Waals surface area contributed by atoms with Gasteiger partial charge in [0, 0.05) is 23.9 Å². The fraction of sp³-hybridized carbons (Fsp3) is 0.238. The van der Waals surface area contributed by atoms with Gasteiger partial charge in [0.05, 0.1) is 12.8 Å². The maximum absolute atomic E-state index is 12.1. The Morgan fingerprint density at radius 2 is 1.85 bits per heavy atom. The van der Waals surface area contributed by atoms with Crippen molar-refractivity contribution in [1.29, 1.82) is 0 Å². The third-order valence-electron chi connectivity index (χ3n) is 4.11. The number of carbonyl (C=O) groups is 1. The van der Waals surface area contributed by atoms with Gasteiger partial charge in [-0.25, -0.2) is 4.98 Å². The summed E-state index contributed by atoms with van der Waals surface area (Å²) in [6.45, 7) is 2.59. The van der Waals surface area contributed by atoms with Crippen LogP contribution in [0.4, 0.5) is 0 Å². The lowest BCUT2D eigenvalue weighted by atomic mass is 10.1. The Kier molecular flexibility index (Phi) is 6.02. The molecule has 4 nitrogen and oxygen atoms in total. The number of ether oxygens (including phenoxy) is 1. The Hall–Kier alpha value is -2.66. The number of aryl methyl sites for hydroxylation is 2. The minimum absolute atomic E-state index is 0.0331. The molecule has 0 radical (unpaired) electrons. The fourth-order valence-corrected chi connectivity index (χ4v) is 3.38. The maximum atomic E-state index is 12.1. The summed E-state index contributed by atoms with van der Waals surface area (Å²) in [5.74, 6) is 0.846. The predicted molar refractivity (Wildman–Crippen MR) is 105 cm³/mol. The van der Waals surface area contributed by atoms with Gasteiger partial charge in [0.2, 0.25) is 5.91 Å². The molecule has 26 heavy (non-hydrogen) atoms. The van der Waals surface area contributed by atoms with Crippen molar-refractivity contribution < 1.29 is 9.53 Å². The zero-order valence-electron chi connectivity index (χ0n) is 15.0. The molecular formula is C21H22N2O2S. The molecule has 0 saturated heterocycles. The SMILES string of the molecule is COc1ccc(CNC(=O)CCc2csc(-c3ccc(C)cc3)n2)cc1. The van der Waals surface area contributed by atoms with Crippen LogP contribution in [0.1, 0.15) is 23.2 Å². The van der Waals surface area contributed by atoms with Crippen molar-refractivity contribution in [3.63, 3.8) is 0 Å². The number of benzene rings is 2. The second-order valence-corrected chi connectivity index (χ2v) is 6.99. The van der Waals surface area contributed by atoms with Gasteiger partial charge in [0.15, 0.2) is 0 Å². The van der Waals surface area contributed by atoms with Crippen molar-refractivity contribution in [2.24, 2.45) is 0 Å². The summed E-state index contributed by atoms with van der Waals surface area (Å²) in [5.41, 5.74) is 4.37. The zero-order valence-corrected chi connectivity index (χ0v) is 15.8. The second-order valence-electron chi connectivity index (χ2n) is 6.13. The minimum atomic E-state index is 0.0331. The highest BCUT2D eigenvalue weighted by atomic mass is 32.1. The lowest BCUT2D eigenvalue weighted by Crippen LogP contribution is -2.23. The summed E-state index contributed by atoms with van der Waals surface area (Å²) in [6, 6.07) is 16.0. The quantitative estimate of drug-likeness (QED) is 0.675. The van der Waals surface area contributed by atoms with Gasteiger partial charge in [0.1, 0.15) is 10.8 Å². The second kappa shape index (κ2) is 8.63. The van der Waals surface area contributed by atoms with E-state index in [-0.39, 0.29) is 5.91 Å². The third kappa shape index (κ3) is 4.92. The molecule has 0 aliphatic rings. The number of hydrogen-bond acceptors (Lipinski definition) is 4. The van der Waals surface area contributed by atoms with Crippen molar-refractivity contribution >= 4 is 17.2 Å². The van der Waals surface area contributed by atoms with Crippen LogP contribution >= 0.6 is 11.3 Å². The number of thiazole rings is 1. The van der Waals surface area contributed by atoms with E-state index in [4.69, 9.17) is 4.74 Å². The number of nitrogens with zero attached hydrogens (tertiary/aromatic N) is 1. The van der Waals surface area contributed by atoms with Gasteiger partial charge < -0.3 is 10.1 Å². The number of nitrogens with one attached hydrogen (secondary N) is 1. The third-order valence-corrected chi connectivity index (χ3v) is 5.05. The highest BCUT2D eigenvalue weighted by molar-refractivity contribution is 7.13. The number of aromatic nitrogens is 1. The Morgan fingerprint density at radius 3 is 2.54 bits per heavy atom. The first-order chi connectivity index (χ1) is 12.6. The number of methoxy groups -OCH3 is 1. The first kappa shape index (κ1) is 18.1. The number of rotatable bonds is 7. The van der Waals surface area contributed by atoms with Crippen LogP contribution < -0.4 is 10.1 Å². The van der Waals surface area contributed by atoms with Crippen LogP contribution in [0.5, 0.6) is 5.75 Å². The molecule has 0 aliphatic heterocycles. The van der Waals surface area contributed by atoms with E-state index >= 15 is 0 Å². The predicted octanol–water partition coefficient (Wildman–Crippen LogP) is 4.38. The van der Waals surface area contributed by atoms with Gasteiger partial charge >= 0.3 is 0 Å². The van der Waals surface area contributed by atoms with E-state index in [1.54, 1.807) is 18.4 Å². The van der Waals surface area contributed by atoms with E-state index < -0.39 is 0 Å². The van der Waals surface area contributed by atoms with Gasteiger partial charge in [-0.2, -0.15) is 0 Å². The van der Waals surface area contributed by atoms with Crippen LogP contribution in [0.15, 0.2) is 53.9 Å². The molecule has 0 fully saturated rings. The topological polar surface area (TPSA) is 51.2 Å². The number of hydrogen-bond donors (Lipinski definition) is 1. The Bertz CT molecular complexity index is 854. The summed E-state index contributed by atoms with van der Waals surface area (Å²) in [7, 11) is 1.64. The summed E-state index contributed by atoms with van der Waals surface area (Å²) in [6.07, 6.45) is 1.09. The largest absolute Gasteiger partial charge is 0.497 e. The summed E-state index contributed by atoms with van der Waals surface area (Å²) in [4.78, 5) is 16.7. The van der Waals surface area contributed by atoms with Crippen molar-refractivity contribution in [2.45, 2.75) is 26.3 Å². The Labute approximate surface area is 157 Å². The summed E-state index contributed by atoms with van der Waals surface area (Å²) >= 11 is 1.62. The van der Waals surface area contributed by atoms with Gasteiger partial charge in [-0.3, -0.25) is 4.79 Å². The highest BCUT2D eigenvalue weighted by Gasteiger charge is 2.07. The van der Waals surface area contributed by atoms with E-state index in [0.29, 0.717) is 19.4 Å². The Morgan fingerprint density at radius 1 is 1.12 bits per heavy atom. The van der Waals surface area contributed by atoms with Crippen LogP contribution in [0.3, 0.4) is 0 Å². The molecule has 3 aromatic rings. The highest BCUT2D eigenvalue weighted by Crippen LogP contribution is 2.24. The molecular weight excluding hydrogens is 344 g/mol. The molecule has 1 N–H and O–H groups in total. The molecule has 3 rings (SSSR count). The van der Waals surface area contributed by atoms with E-state index in [1.165, 1.54) is 5.56 Å². The summed E-state index contributed by atoms with van der Waals surface area (Å²) < 4.78 is 5.13. The van der Waals surface area contributed by atoms with E-state index in [1.807, 2.05) is 29.6 Å². The molecule has 1 aromatic heterocycles. The lowest BCUT2D eigenvalue weighted by Gasteiger charge is -2.06. The minimum Gasteiger partial charge on any atom is -0.497 e. The van der Waals surface area contributed by atoms with Crippen molar-refractivity contribution in [3.05, 3.63) is 70.7 Å². The van der Waals surface area contributed by atoms with Crippen LogP contribution in [0.2, 0.25) is 0 Å². The standard InChI is InChI=1S/C21H22N2O2S/c1-15-3-7-17(8-4-15)21-23-18(14-26-21)9-12-20(24)22-13-16-5-10-19(25-2)11-6-16/h3-8,10-11,14H,9,12-13H2,1-2H3,(H,22,24). The average molecular weight is 366 g/mol. The van der Waals surface area contributed by atoms with Gasteiger partial charge in [0.25, 0.3) is 0 Å². The molecule has 1 amide bonds. The molecule has 0 spiro atoms. The van der Waals surface area contributed by atoms with Crippen molar-refractivity contribution in [2.75, 3.05) is 7.11 Å². The molecule has 0 saturated carbocycles. The van der Waals surface area contributed by atoms with Crippen molar-refractivity contribution in [1.82, 2.24) is 10.3 Å². The first-order valence-corrected chi connectivity index (χ1v) is 9.43. The molecule has 134 valence electrons. The summed E-state index contributed by atoms with van der Waals surface area (Å²) in [5, 5.41) is 5.98. The Balaban J connectivity index is 1.47. The van der Waals surface area contributed by atoms with Crippen LogP contribution in [-0.2, 0) is 17.8 Å². The van der Waals surface area contributed by atoms with Crippen LogP contribution in [-0.4, -0.2) is 18.0 Å². The van der Waals surface area contributed by atoms with Gasteiger partial charge in [-0.1, -0.05) is 42.0 Å². The average Bonchev–Trinajstić information content (AvgIpc) is 3.14. The van der Waals surface area contributed by atoms with Gasteiger partial charge in [-0.15, -0.1) is 11.3 Å². The van der Waals surface area contributed by atoms with Crippen LogP contribution in [0.25, 0.3) is 10.6 Å². The molecule has 0 aliphatic carbocycles. The maximum Gasteiger partial charge on any atom is 0.220 e. The van der Waals surface area contributed by atoms with E-state index in [9.17, 15) is 4.79 Å². The molecule has 0 atom stereocenters. The van der Waals surface area contributed by atoms with E-state index in [0.717, 1.165) is 27.6 Å².